The van der Waals surface area contributed by atoms with Gasteiger partial charge in [-0.15, -0.1) is 0 Å². The van der Waals surface area contributed by atoms with Crippen LogP contribution in [-0.2, 0) is 0 Å². The molecule has 5 unspecified atom stereocenters. The van der Waals surface area contributed by atoms with E-state index in [1.165, 1.54) is 27.9 Å². The van der Waals surface area contributed by atoms with E-state index in [4.69, 9.17) is 0 Å². The van der Waals surface area contributed by atoms with E-state index in [1.54, 1.807) is 0 Å². The third-order valence-corrected chi connectivity index (χ3v) is 9.26. The maximum Gasteiger partial charge on any atom is 0.0849 e. The Morgan fingerprint density at radius 2 is 1.36 bits per heavy atom. The highest BCUT2D eigenvalue weighted by Gasteiger charge is 2.34. The molecule has 6 atom stereocenters. The maximum absolute atomic E-state index is 10.0. The smallest absolute Gasteiger partial charge is 0.0849 e. The zero-order chi connectivity index (χ0) is 34.8. The van der Waals surface area contributed by atoms with Crippen LogP contribution in [0.2, 0.25) is 0 Å². The highest BCUT2D eigenvalue weighted by molar-refractivity contribution is 5.52. The van der Waals surface area contributed by atoms with Gasteiger partial charge in [0.2, 0.25) is 0 Å². The largest absolute Gasteiger partial charge is 0.396 e. The monoisotopic (exact) mass is 645 g/mol. The molecule has 1 saturated carbocycles. The molecule has 3 aromatic rings. The predicted octanol–water partition coefficient (Wildman–Crippen LogP) is 9.36. The molecule has 0 radical (unpaired) electrons. The number of anilines is 1. The number of aliphatic hydroxyl groups excluding tert-OH is 4. The van der Waals surface area contributed by atoms with Crippen LogP contribution in [0.1, 0.15) is 120 Å². The molecule has 0 aliphatic heterocycles. The minimum absolute atomic E-state index is 0.0510. The molecule has 0 heterocycles. The highest BCUT2D eigenvalue weighted by atomic mass is 16.3. The summed E-state index contributed by atoms with van der Waals surface area (Å²) in [7, 11) is 0. The number of allylic oxidation sites excluding steroid dienone is 1. The SMILES string of the molecule is CC.CCC(O)c1ccc(C)cc1.CCC(c1ccc(/C=C/CCCC2CC(O)[C@H](O)C(CO)C2)cc1)N(CC)c1ccc(C)cc1. The van der Waals surface area contributed by atoms with Gasteiger partial charge in [0.1, 0.15) is 0 Å². The second-order valence-corrected chi connectivity index (χ2v) is 12.7. The van der Waals surface area contributed by atoms with Crippen molar-refractivity contribution < 1.29 is 20.4 Å². The van der Waals surface area contributed by atoms with E-state index in [9.17, 15) is 20.4 Å². The second-order valence-electron chi connectivity index (χ2n) is 12.7. The molecular formula is C42H63NO4. The van der Waals surface area contributed by atoms with Crippen LogP contribution in [0.3, 0.4) is 0 Å². The minimum Gasteiger partial charge on any atom is -0.396 e. The lowest BCUT2D eigenvalue weighted by Crippen LogP contribution is -2.42. The molecule has 1 aliphatic carbocycles. The van der Waals surface area contributed by atoms with Crippen LogP contribution in [0.4, 0.5) is 5.69 Å². The van der Waals surface area contributed by atoms with Gasteiger partial charge in [0.25, 0.3) is 0 Å². The molecule has 0 amide bonds. The topological polar surface area (TPSA) is 84.2 Å². The standard InChI is InChI=1S/C30H43NO3.C10H14O.C2H6/c1-4-28(31(5-2)27-17-11-22(3)12-18-27)25-15-13-23(14-16-25)9-7-6-8-10-24-19-26(21-32)30(34)29(33)20-24;1-3-10(11)9-6-4-8(2)5-7-9;1-2/h7,9,11-18,24,26,28-30,32-34H,4-6,8,10,19-21H2,1-3H3;4-7,10-11H,3H2,1-2H3;1-2H3/b9-7+;;/t24?,26?,28?,29?,30-;;/m1../s1. The number of hydrogen-bond donors (Lipinski definition) is 4. The van der Waals surface area contributed by atoms with E-state index >= 15 is 0 Å². The minimum atomic E-state index is -0.780. The Kier molecular flexibility index (Phi) is 18.7. The Morgan fingerprint density at radius 1 is 0.787 bits per heavy atom. The van der Waals surface area contributed by atoms with Crippen molar-refractivity contribution in [1.82, 2.24) is 0 Å². The average molecular weight is 646 g/mol. The molecule has 4 rings (SSSR count). The molecule has 260 valence electrons. The van der Waals surface area contributed by atoms with Crippen LogP contribution >= 0.6 is 0 Å². The molecule has 1 fully saturated rings. The van der Waals surface area contributed by atoms with Gasteiger partial charge in [-0.25, -0.2) is 0 Å². The second kappa shape index (κ2) is 21.8. The van der Waals surface area contributed by atoms with Crippen molar-refractivity contribution in [3.05, 3.63) is 107 Å². The zero-order valence-corrected chi connectivity index (χ0v) is 30.1. The third-order valence-electron chi connectivity index (χ3n) is 9.26. The number of rotatable bonds is 13. The van der Waals surface area contributed by atoms with Crippen molar-refractivity contribution in [2.75, 3.05) is 18.1 Å². The lowest BCUT2D eigenvalue weighted by atomic mass is 9.76. The van der Waals surface area contributed by atoms with Gasteiger partial charge in [-0.3, -0.25) is 0 Å². The van der Waals surface area contributed by atoms with Crippen LogP contribution in [0.25, 0.3) is 6.08 Å². The number of unbranched alkanes of at least 4 members (excludes halogenated alkanes) is 1. The van der Waals surface area contributed by atoms with E-state index in [-0.39, 0.29) is 18.6 Å². The van der Waals surface area contributed by atoms with Crippen LogP contribution in [0.15, 0.2) is 78.9 Å². The average Bonchev–Trinajstić information content (AvgIpc) is 3.10. The Bertz CT molecular complexity index is 1260. The zero-order valence-electron chi connectivity index (χ0n) is 30.1. The van der Waals surface area contributed by atoms with E-state index in [2.05, 4.69) is 86.4 Å². The van der Waals surface area contributed by atoms with Gasteiger partial charge in [0.15, 0.2) is 0 Å². The summed E-state index contributed by atoms with van der Waals surface area (Å²) in [6.07, 6.45) is 8.99. The summed E-state index contributed by atoms with van der Waals surface area (Å²) in [4.78, 5) is 2.48. The summed E-state index contributed by atoms with van der Waals surface area (Å²) in [6.45, 7) is 15.5. The van der Waals surface area contributed by atoms with Crippen LogP contribution in [0, 0.1) is 25.7 Å². The first-order chi connectivity index (χ1) is 22.7. The number of aryl methyl sites for hydroxylation is 2. The molecule has 0 aromatic heterocycles. The van der Waals surface area contributed by atoms with E-state index in [1.807, 2.05) is 52.0 Å². The van der Waals surface area contributed by atoms with E-state index in [0.717, 1.165) is 50.6 Å². The summed E-state index contributed by atoms with van der Waals surface area (Å²) >= 11 is 0. The van der Waals surface area contributed by atoms with Gasteiger partial charge < -0.3 is 25.3 Å². The number of aliphatic hydroxyl groups is 4. The number of hydrogen-bond acceptors (Lipinski definition) is 5. The first-order valence-corrected chi connectivity index (χ1v) is 18.0. The number of benzene rings is 3. The van der Waals surface area contributed by atoms with Gasteiger partial charge in [0.05, 0.1) is 24.4 Å². The van der Waals surface area contributed by atoms with Crippen molar-refractivity contribution in [2.45, 2.75) is 118 Å². The first kappa shape index (κ1) is 40.2. The normalized spacial score (nSPS) is 20.4. The summed E-state index contributed by atoms with van der Waals surface area (Å²) in [5.74, 6) is 0.189. The summed E-state index contributed by atoms with van der Waals surface area (Å²) < 4.78 is 0. The molecule has 5 heteroatoms. The van der Waals surface area contributed by atoms with Gasteiger partial charge >= 0.3 is 0 Å². The van der Waals surface area contributed by atoms with Crippen molar-refractivity contribution in [3.8, 4) is 0 Å². The molecule has 0 bridgehead atoms. The van der Waals surface area contributed by atoms with Crippen molar-refractivity contribution in [3.63, 3.8) is 0 Å². The number of nitrogens with zero attached hydrogens (tertiary/aromatic N) is 1. The quantitative estimate of drug-likeness (QED) is 0.139. The van der Waals surface area contributed by atoms with Gasteiger partial charge in [-0.1, -0.05) is 118 Å². The molecule has 0 saturated heterocycles. The summed E-state index contributed by atoms with van der Waals surface area (Å²) in [5.41, 5.74) is 7.37. The molecule has 4 N–H and O–H groups in total. The lowest BCUT2D eigenvalue weighted by Gasteiger charge is -2.36. The summed E-state index contributed by atoms with van der Waals surface area (Å²) in [6, 6.07) is 26.1. The Morgan fingerprint density at radius 3 is 1.89 bits per heavy atom. The van der Waals surface area contributed by atoms with Crippen LogP contribution in [0.5, 0.6) is 0 Å². The van der Waals surface area contributed by atoms with Gasteiger partial charge in [-0.2, -0.15) is 0 Å². The molecule has 5 nitrogen and oxygen atoms in total. The first-order valence-electron chi connectivity index (χ1n) is 18.0. The van der Waals surface area contributed by atoms with Crippen LogP contribution < -0.4 is 4.90 Å². The predicted molar refractivity (Wildman–Crippen MR) is 200 cm³/mol. The Hall–Kier alpha value is -2.96. The Labute approximate surface area is 286 Å². The van der Waals surface area contributed by atoms with Crippen molar-refractivity contribution in [1.29, 1.82) is 0 Å². The van der Waals surface area contributed by atoms with Crippen LogP contribution in [-0.4, -0.2) is 45.8 Å². The fraction of sp³-hybridized carbons (Fsp3) is 0.524. The molecule has 1 aliphatic rings. The van der Waals surface area contributed by atoms with Crippen molar-refractivity contribution >= 4 is 11.8 Å². The molecule has 0 spiro atoms. The Balaban J connectivity index is 0.000000496. The fourth-order valence-corrected chi connectivity index (χ4v) is 6.43. The van der Waals surface area contributed by atoms with Gasteiger partial charge in [-0.05, 0) is 94.0 Å². The third kappa shape index (κ3) is 12.9. The van der Waals surface area contributed by atoms with E-state index < -0.39 is 12.2 Å². The fourth-order valence-electron chi connectivity index (χ4n) is 6.43. The summed E-state index contributed by atoms with van der Waals surface area (Å²) in [5, 5.41) is 38.8. The van der Waals surface area contributed by atoms with E-state index in [0.29, 0.717) is 18.4 Å². The molecule has 3 aromatic carbocycles. The molecule has 47 heavy (non-hydrogen) atoms. The molecular weight excluding hydrogens is 582 g/mol. The lowest BCUT2D eigenvalue weighted by molar-refractivity contribution is -0.0760. The van der Waals surface area contributed by atoms with Crippen molar-refractivity contribution in [2.24, 2.45) is 11.8 Å². The van der Waals surface area contributed by atoms with Gasteiger partial charge in [0, 0.05) is 24.8 Å². The maximum atomic E-state index is 10.0. The highest BCUT2D eigenvalue weighted by Crippen LogP contribution is 2.33.